The number of nitrogens with zero attached hydrogens (tertiary/aromatic N) is 3. The lowest BCUT2D eigenvalue weighted by Crippen LogP contribution is -2.57. The normalized spacial score (nSPS) is 23.4. The SMILES string of the molecule is COc1cccc(CC(=O)N2[C@@H]3CCC[C@H]2CC(Nc2nccc(OC)n2)C3)c1. The molecule has 1 N–H and O–H groups in total. The van der Waals surface area contributed by atoms with Crippen molar-refractivity contribution in [3.63, 3.8) is 0 Å². The largest absolute Gasteiger partial charge is 0.497 e. The van der Waals surface area contributed by atoms with E-state index in [0.717, 1.165) is 37.0 Å². The van der Waals surface area contributed by atoms with Gasteiger partial charge in [0.2, 0.25) is 17.7 Å². The van der Waals surface area contributed by atoms with Gasteiger partial charge in [0, 0.05) is 30.4 Å². The standard InChI is InChI=1S/C22H28N4O3/c1-28-19-8-3-5-15(11-19)12-21(27)26-17-6-4-7-18(26)14-16(13-17)24-22-23-10-9-20(25-22)29-2/h3,5,8-11,16-18H,4,6-7,12-14H2,1-2H3,(H,23,24,25)/t16?,17-,18+. The first-order chi connectivity index (χ1) is 14.2. The van der Waals surface area contributed by atoms with E-state index in [9.17, 15) is 4.79 Å². The summed E-state index contributed by atoms with van der Waals surface area (Å²) >= 11 is 0. The third-order valence-electron chi connectivity index (χ3n) is 5.92. The Morgan fingerprint density at radius 2 is 1.97 bits per heavy atom. The Balaban J connectivity index is 1.43. The van der Waals surface area contributed by atoms with Gasteiger partial charge in [0.05, 0.1) is 20.6 Å². The van der Waals surface area contributed by atoms with E-state index in [1.54, 1.807) is 26.5 Å². The molecule has 0 spiro atoms. The summed E-state index contributed by atoms with van der Waals surface area (Å²) in [6.07, 6.45) is 7.24. The highest BCUT2D eigenvalue weighted by atomic mass is 16.5. The lowest BCUT2D eigenvalue weighted by Gasteiger charge is -2.49. The number of fused-ring (bicyclic) bond motifs is 2. The molecule has 2 aliphatic heterocycles. The third kappa shape index (κ3) is 4.44. The summed E-state index contributed by atoms with van der Waals surface area (Å²) in [6, 6.07) is 10.3. The number of ether oxygens (including phenoxy) is 2. The zero-order valence-corrected chi connectivity index (χ0v) is 17.0. The predicted molar refractivity (Wildman–Crippen MR) is 110 cm³/mol. The molecule has 2 bridgehead atoms. The minimum absolute atomic E-state index is 0.212. The molecular weight excluding hydrogens is 368 g/mol. The summed E-state index contributed by atoms with van der Waals surface area (Å²) in [5.41, 5.74) is 0.998. The second-order valence-corrected chi connectivity index (χ2v) is 7.80. The maximum absolute atomic E-state index is 13.2. The Bertz CT molecular complexity index is 845. The number of anilines is 1. The molecule has 2 fully saturated rings. The fourth-order valence-electron chi connectivity index (χ4n) is 4.66. The van der Waals surface area contributed by atoms with Gasteiger partial charge in [0.15, 0.2) is 0 Å². The highest BCUT2D eigenvalue weighted by Gasteiger charge is 2.40. The topological polar surface area (TPSA) is 76.6 Å². The summed E-state index contributed by atoms with van der Waals surface area (Å²) in [4.78, 5) is 24.0. The fraction of sp³-hybridized carbons (Fsp3) is 0.500. The minimum Gasteiger partial charge on any atom is -0.497 e. The van der Waals surface area contributed by atoms with Crippen molar-refractivity contribution in [3.8, 4) is 11.6 Å². The van der Waals surface area contributed by atoms with Crippen molar-refractivity contribution in [3.05, 3.63) is 42.1 Å². The molecule has 4 rings (SSSR count). The van der Waals surface area contributed by atoms with E-state index in [-0.39, 0.29) is 24.0 Å². The molecular formula is C22H28N4O3. The summed E-state index contributed by atoms with van der Waals surface area (Å²) in [5.74, 6) is 2.14. The molecule has 3 heterocycles. The van der Waals surface area contributed by atoms with Crippen LogP contribution in [0.1, 0.15) is 37.7 Å². The van der Waals surface area contributed by atoms with E-state index >= 15 is 0 Å². The number of rotatable bonds is 6. The Hall–Kier alpha value is -2.83. The van der Waals surface area contributed by atoms with Gasteiger partial charge in [-0.15, -0.1) is 0 Å². The molecule has 2 aliphatic rings. The number of methoxy groups -OCH3 is 2. The molecule has 2 saturated heterocycles. The van der Waals surface area contributed by atoms with Crippen LogP contribution in [0, 0.1) is 0 Å². The van der Waals surface area contributed by atoms with Gasteiger partial charge in [-0.2, -0.15) is 4.98 Å². The van der Waals surface area contributed by atoms with Crippen LogP contribution in [0.2, 0.25) is 0 Å². The summed E-state index contributed by atoms with van der Waals surface area (Å²) in [6.45, 7) is 0. The molecule has 1 aromatic carbocycles. The maximum Gasteiger partial charge on any atom is 0.227 e. The van der Waals surface area contributed by atoms with Crippen molar-refractivity contribution >= 4 is 11.9 Å². The number of piperidine rings is 2. The Labute approximate surface area is 171 Å². The first kappa shape index (κ1) is 19.5. The molecule has 29 heavy (non-hydrogen) atoms. The van der Waals surface area contributed by atoms with Gasteiger partial charge in [-0.1, -0.05) is 12.1 Å². The monoisotopic (exact) mass is 396 g/mol. The first-order valence-electron chi connectivity index (χ1n) is 10.2. The fourth-order valence-corrected chi connectivity index (χ4v) is 4.66. The quantitative estimate of drug-likeness (QED) is 0.809. The van der Waals surface area contributed by atoms with E-state index < -0.39 is 0 Å². The second-order valence-electron chi connectivity index (χ2n) is 7.80. The van der Waals surface area contributed by atoms with E-state index in [1.807, 2.05) is 24.3 Å². The molecule has 7 heteroatoms. The van der Waals surface area contributed by atoms with Crippen molar-refractivity contribution in [2.45, 2.75) is 56.7 Å². The van der Waals surface area contributed by atoms with Gasteiger partial charge in [-0.25, -0.2) is 4.98 Å². The van der Waals surface area contributed by atoms with Crippen molar-refractivity contribution in [1.82, 2.24) is 14.9 Å². The summed E-state index contributed by atoms with van der Waals surface area (Å²) < 4.78 is 10.5. The number of aromatic nitrogens is 2. The van der Waals surface area contributed by atoms with Crippen LogP contribution in [0.25, 0.3) is 0 Å². The van der Waals surface area contributed by atoms with E-state index in [2.05, 4.69) is 20.2 Å². The molecule has 2 aromatic rings. The van der Waals surface area contributed by atoms with Crippen LogP contribution < -0.4 is 14.8 Å². The van der Waals surface area contributed by atoms with Crippen molar-refractivity contribution in [2.75, 3.05) is 19.5 Å². The van der Waals surface area contributed by atoms with Gasteiger partial charge < -0.3 is 19.7 Å². The average molecular weight is 396 g/mol. The highest BCUT2D eigenvalue weighted by molar-refractivity contribution is 5.80. The Kier molecular flexibility index (Phi) is 5.83. The van der Waals surface area contributed by atoms with Crippen LogP contribution in [0.5, 0.6) is 11.6 Å². The molecule has 0 saturated carbocycles. The predicted octanol–water partition coefficient (Wildman–Crippen LogP) is 3.06. The van der Waals surface area contributed by atoms with Gasteiger partial charge in [0.1, 0.15) is 5.75 Å². The lowest BCUT2D eigenvalue weighted by molar-refractivity contribution is -0.140. The smallest absolute Gasteiger partial charge is 0.227 e. The average Bonchev–Trinajstić information content (AvgIpc) is 2.73. The molecule has 7 nitrogen and oxygen atoms in total. The van der Waals surface area contributed by atoms with Crippen molar-refractivity contribution < 1.29 is 14.3 Å². The van der Waals surface area contributed by atoms with Gasteiger partial charge >= 0.3 is 0 Å². The highest BCUT2D eigenvalue weighted by Crippen LogP contribution is 2.35. The third-order valence-corrected chi connectivity index (χ3v) is 5.92. The number of carbonyl (C=O) groups excluding carboxylic acids is 1. The van der Waals surface area contributed by atoms with Crippen LogP contribution in [-0.2, 0) is 11.2 Å². The van der Waals surface area contributed by atoms with Gasteiger partial charge in [-0.05, 0) is 49.8 Å². The van der Waals surface area contributed by atoms with E-state index in [1.165, 1.54) is 6.42 Å². The van der Waals surface area contributed by atoms with Crippen molar-refractivity contribution in [2.24, 2.45) is 0 Å². The first-order valence-corrected chi connectivity index (χ1v) is 10.2. The summed E-state index contributed by atoms with van der Waals surface area (Å²) in [5, 5.41) is 3.45. The minimum atomic E-state index is 0.212. The number of carbonyl (C=O) groups is 1. The Morgan fingerprint density at radius 1 is 1.17 bits per heavy atom. The Morgan fingerprint density at radius 3 is 2.69 bits per heavy atom. The molecule has 0 aliphatic carbocycles. The number of hydrogen-bond acceptors (Lipinski definition) is 6. The molecule has 1 aromatic heterocycles. The number of nitrogens with one attached hydrogen (secondary N) is 1. The number of hydrogen-bond donors (Lipinski definition) is 1. The molecule has 1 unspecified atom stereocenters. The molecule has 0 radical (unpaired) electrons. The van der Waals surface area contributed by atoms with E-state index in [4.69, 9.17) is 9.47 Å². The zero-order chi connectivity index (χ0) is 20.2. The number of amides is 1. The summed E-state index contributed by atoms with van der Waals surface area (Å²) in [7, 11) is 3.25. The second kappa shape index (κ2) is 8.68. The van der Waals surface area contributed by atoms with Crippen molar-refractivity contribution in [1.29, 1.82) is 0 Å². The zero-order valence-electron chi connectivity index (χ0n) is 17.0. The van der Waals surface area contributed by atoms with Gasteiger partial charge in [0.25, 0.3) is 0 Å². The van der Waals surface area contributed by atoms with Crippen LogP contribution in [-0.4, -0.2) is 53.1 Å². The van der Waals surface area contributed by atoms with Gasteiger partial charge in [-0.3, -0.25) is 4.79 Å². The molecule has 154 valence electrons. The van der Waals surface area contributed by atoms with E-state index in [0.29, 0.717) is 18.2 Å². The van der Waals surface area contributed by atoms with Crippen LogP contribution in [0.4, 0.5) is 5.95 Å². The molecule has 1 amide bonds. The van der Waals surface area contributed by atoms with Crippen LogP contribution >= 0.6 is 0 Å². The van der Waals surface area contributed by atoms with Crippen LogP contribution in [0.15, 0.2) is 36.5 Å². The van der Waals surface area contributed by atoms with Crippen LogP contribution in [0.3, 0.4) is 0 Å². The lowest BCUT2D eigenvalue weighted by atomic mass is 9.81. The maximum atomic E-state index is 13.2. The number of benzene rings is 1. The molecule has 3 atom stereocenters.